The minimum absolute atomic E-state index is 0.128. The van der Waals surface area contributed by atoms with E-state index in [4.69, 9.17) is 16.3 Å². The largest absolute Gasteiger partial charge is 0.437 e. The molecule has 0 atom stereocenters. The van der Waals surface area contributed by atoms with Crippen LogP contribution >= 0.6 is 11.6 Å². The van der Waals surface area contributed by atoms with Gasteiger partial charge in [0.05, 0.1) is 22.1 Å². The zero-order valence-electron chi connectivity index (χ0n) is 14.4. The first-order valence-corrected chi connectivity index (χ1v) is 10.1. The van der Waals surface area contributed by atoms with E-state index in [2.05, 4.69) is 14.7 Å². The van der Waals surface area contributed by atoms with Gasteiger partial charge in [-0.05, 0) is 60.7 Å². The first kappa shape index (κ1) is 18.2. The number of aromatic nitrogens is 2. The first-order valence-electron chi connectivity index (χ1n) is 8.28. The summed E-state index contributed by atoms with van der Waals surface area (Å²) < 4.78 is 33.0. The van der Waals surface area contributed by atoms with Crippen LogP contribution in [0.3, 0.4) is 0 Å². The first-order chi connectivity index (χ1) is 13.5. The lowest BCUT2D eigenvalue weighted by Crippen LogP contribution is -2.12. The molecule has 1 heterocycles. The number of ether oxygens (including phenoxy) is 1. The Kier molecular flexibility index (Phi) is 4.85. The van der Waals surface area contributed by atoms with E-state index in [0.717, 1.165) is 11.0 Å². The van der Waals surface area contributed by atoms with Crippen LogP contribution in [0.5, 0.6) is 11.6 Å². The number of sulfonamides is 1. The van der Waals surface area contributed by atoms with Crippen molar-refractivity contribution in [2.75, 3.05) is 4.72 Å². The van der Waals surface area contributed by atoms with Gasteiger partial charge in [-0.2, -0.15) is 0 Å². The molecule has 4 aromatic rings. The highest BCUT2D eigenvalue weighted by atomic mass is 35.5. The smallest absolute Gasteiger partial charge is 0.261 e. The quantitative estimate of drug-likeness (QED) is 0.506. The molecule has 0 amide bonds. The Hall–Kier alpha value is -3.16. The van der Waals surface area contributed by atoms with Crippen molar-refractivity contribution in [1.82, 2.24) is 9.97 Å². The van der Waals surface area contributed by atoms with Crippen LogP contribution in [0, 0.1) is 0 Å². The van der Waals surface area contributed by atoms with Crippen molar-refractivity contribution in [3.05, 3.63) is 84.0 Å². The van der Waals surface area contributed by atoms with Crippen LogP contribution in [0.4, 0.5) is 5.69 Å². The third kappa shape index (κ3) is 4.05. The molecule has 0 spiro atoms. The Labute approximate surface area is 166 Å². The maximum Gasteiger partial charge on any atom is 0.261 e. The molecular formula is C20H14ClN3O3S. The zero-order chi connectivity index (χ0) is 19.6. The summed E-state index contributed by atoms with van der Waals surface area (Å²) >= 11 is 5.80. The number of halogens is 1. The molecule has 0 radical (unpaired) electrons. The molecule has 6 nitrogen and oxygen atoms in total. The lowest BCUT2D eigenvalue weighted by atomic mass is 10.3. The van der Waals surface area contributed by atoms with Gasteiger partial charge in [0.15, 0.2) is 0 Å². The molecule has 28 heavy (non-hydrogen) atoms. The molecule has 140 valence electrons. The summed E-state index contributed by atoms with van der Waals surface area (Å²) in [5.41, 5.74) is 1.92. The van der Waals surface area contributed by atoms with Crippen molar-refractivity contribution in [3.8, 4) is 11.6 Å². The normalized spacial score (nSPS) is 11.3. The summed E-state index contributed by atoms with van der Waals surface area (Å²) in [6.07, 6.45) is 1.54. The Balaban J connectivity index is 1.49. The van der Waals surface area contributed by atoms with E-state index in [1.165, 1.54) is 24.3 Å². The number of rotatable bonds is 5. The van der Waals surface area contributed by atoms with Crippen LogP contribution in [0.2, 0.25) is 5.02 Å². The lowest BCUT2D eigenvalue weighted by molar-refractivity contribution is 0.463. The number of nitrogens with zero attached hydrogens (tertiary/aromatic N) is 2. The summed E-state index contributed by atoms with van der Waals surface area (Å²) in [6, 6.07) is 19.9. The number of para-hydroxylation sites is 2. The van der Waals surface area contributed by atoms with Crippen LogP contribution in [-0.4, -0.2) is 18.4 Å². The molecule has 8 heteroatoms. The van der Waals surface area contributed by atoms with Crippen molar-refractivity contribution in [3.63, 3.8) is 0 Å². The Bertz CT molecular complexity index is 1230. The Morgan fingerprint density at radius 2 is 1.54 bits per heavy atom. The second-order valence-electron chi connectivity index (χ2n) is 5.88. The Morgan fingerprint density at radius 3 is 2.25 bits per heavy atom. The minimum Gasteiger partial charge on any atom is -0.437 e. The van der Waals surface area contributed by atoms with E-state index in [1.807, 2.05) is 24.3 Å². The molecule has 0 saturated carbocycles. The second kappa shape index (κ2) is 7.46. The van der Waals surface area contributed by atoms with E-state index in [9.17, 15) is 8.42 Å². The molecular weight excluding hydrogens is 398 g/mol. The predicted molar refractivity (Wildman–Crippen MR) is 108 cm³/mol. The summed E-state index contributed by atoms with van der Waals surface area (Å²) in [5, 5.41) is 0.470. The third-order valence-electron chi connectivity index (χ3n) is 3.88. The van der Waals surface area contributed by atoms with Crippen LogP contribution in [0.15, 0.2) is 83.9 Å². The van der Waals surface area contributed by atoms with Crippen molar-refractivity contribution >= 4 is 38.3 Å². The van der Waals surface area contributed by atoms with Crippen molar-refractivity contribution < 1.29 is 13.2 Å². The van der Waals surface area contributed by atoms with E-state index in [1.54, 1.807) is 30.5 Å². The highest BCUT2D eigenvalue weighted by molar-refractivity contribution is 7.92. The topological polar surface area (TPSA) is 81.2 Å². The summed E-state index contributed by atoms with van der Waals surface area (Å²) in [4.78, 5) is 8.82. The number of nitrogens with one attached hydrogen (secondary N) is 1. The summed E-state index contributed by atoms with van der Waals surface area (Å²) in [7, 11) is -3.70. The molecule has 0 bridgehead atoms. The fourth-order valence-corrected chi connectivity index (χ4v) is 3.71. The van der Waals surface area contributed by atoms with Gasteiger partial charge in [0, 0.05) is 10.7 Å². The van der Waals surface area contributed by atoms with Gasteiger partial charge in [-0.1, -0.05) is 23.7 Å². The molecule has 0 saturated heterocycles. The Morgan fingerprint density at radius 1 is 0.857 bits per heavy atom. The molecule has 1 N–H and O–H groups in total. The average Bonchev–Trinajstić information content (AvgIpc) is 2.69. The highest BCUT2D eigenvalue weighted by Gasteiger charge is 2.14. The SMILES string of the molecule is O=S(=O)(Nc1ccc(Oc2cnc3ccccc3n2)cc1)c1ccc(Cl)cc1. The van der Waals surface area contributed by atoms with Gasteiger partial charge in [0.2, 0.25) is 5.88 Å². The molecule has 3 aromatic carbocycles. The maximum absolute atomic E-state index is 12.4. The predicted octanol–water partition coefficient (Wildman–Crippen LogP) is 4.88. The van der Waals surface area contributed by atoms with Crippen LogP contribution < -0.4 is 9.46 Å². The number of benzene rings is 3. The van der Waals surface area contributed by atoms with E-state index < -0.39 is 10.0 Å². The molecule has 0 aliphatic heterocycles. The number of hydrogen-bond donors (Lipinski definition) is 1. The highest BCUT2D eigenvalue weighted by Crippen LogP contribution is 2.24. The fourth-order valence-electron chi connectivity index (χ4n) is 2.53. The van der Waals surface area contributed by atoms with Crippen molar-refractivity contribution in [1.29, 1.82) is 0 Å². The van der Waals surface area contributed by atoms with E-state index in [-0.39, 0.29) is 4.90 Å². The average molecular weight is 412 g/mol. The van der Waals surface area contributed by atoms with Crippen LogP contribution in [-0.2, 0) is 10.0 Å². The molecule has 0 aliphatic rings. The molecule has 0 aliphatic carbocycles. The molecule has 0 fully saturated rings. The lowest BCUT2D eigenvalue weighted by Gasteiger charge is -2.09. The fraction of sp³-hybridized carbons (Fsp3) is 0. The van der Waals surface area contributed by atoms with E-state index in [0.29, 0.717) is 22.3 Å². The van der Waals surface area contributed by atoms with Gasteiger partial charge >= 0.3 is 0 Å². The number of hydrogen-bond acceptors (Lipinski definition) is 5. The van der Waals surface area contributed by atoms with Crippen LogP contribution in [0.25, 0.3) is 11.0 Å². The summed E-state index contributed by atoms with van der Waals surface area (Å²) in [6.45, 7) is 0. The second-order valence-corrected chi connectivity index (χ2v) is 8.00. The molecule has 0 unspecified atom stereocenters. The summed E-state index contributed by atoms with van der Waals surface area (Å²) in [5.74, 6) is 0.868. The standard InChI is InChI=1S/C20H14ClN3O3S/c21-14-5-11-17(12-6-14)28(25,26)24-15-7-9-16(10-8-15)27-20-13-22-18-3-1-2-4-19(18)23-20/h1-13,24H. The number of fused-ring (bicyclic) bond motifs is 1. The zero-order valence-corrected chi connectivity index (χ0v) is 16.0. The molecule has 4 rings (SSSR count). The van der Waals surface area contributed by atoms with Gasteiger partial charge in [-0.3, -0.25) is 4.72 Å². The van der Waals surface area contributed by atoms with E-state index >= 15 is 0 Å². The van der Waals surface area contributed by atoms with Crippen molar-refractivity contribution in [2.24, 2.45) is 0 Å². The van der Waals surface area contributed by atoms with Gasteiger partial charge in [-0.15, -0.1) is 0 Å². The van der Waals surface area contributed by atoms with Crippen molar-refractivity contribution in [2.45, 2.75) is 4.90 Å². The third-order valence-corrected chi connectivity index (χ3v) is 5.53. The number of anilines is 1. The van der Waals surface area contributed by atoms with Crippen LogP contribution in [0.1, 0.15) is 0 Å². The molecule has 1 aromatic heterocycles. The maximum atomic E-state index is 12.4. The van der Waals surface area contributed by atoms with Gasteiger partial charge in [-0.25, -0.2) is 18.4 Å². The van der Waals surface area contributed by atoms with Gasteiger partial charge in [0.1, 0.15) is 5.75 Å². The van der Waals surface area contributed by atoms with Gasteiger partial charge in [0.25, 0.3) is 10.0 Å². The minimum atomic E-state index is -3.70. The van der Waals surface area contributed by atoms with Gasteiger partial charge < -0.3 is 4.74 Å². The monoisotopic (exact) mass is 411 g/mol.